The third kappa shape index (κ3) is 3.08. The summed E-state index contributed by atoms with van der Waals surface area (Å²) in [5.74, 6) is -1.39. The van der Waals surface area contributed by atoms with Crippen LogP contribution in [0.2, 0.25) is 0 Å². The Morgan fingerprint density at radius 1 is 1.55 bits per heavy atom. The maximum atomic E-state index is 12.2. The van der Waals surface area contributed by atoms with Gasteiger partial charge < -0.3 is 5.11 Å². The first-order chi connectivity index (χ1) is 9.31. The van der Waals surface area contributed by atoms with Crippen LogP contribution in [-0.4, -0.2) is 29.7 Å². The molecule has 2 rings (SSSR count). The molecular formula is C10H10BrN3O4S2. The summed E-state index contributed by atoms with van der Waals surface area (Å²) in [5, 5.41) is 14.8. The van der Waals surface area contributed by atoms with Crippen molar-refractivity contribution < 1.29 is 18.3 Å². The number of carbonyl (C=O) groups is 1. The van der Waals surface area contributed by atoms with Gasteiger partial charge in [-0.2, -0.15) is 5.10 Å². The van der Waals surface area contributed by atoms with Gasteiger partial charge in [0, 0.05) is 11.4 Å². The van der Waals surface area contributed by atoms with Gasteiger partial charge in [0.05, 0.1) is 9.48 Å². The van der Waals surface area contributed by atoms with Gasteiger partial charge >= 0.3 is 5.97 Å². The van der Waals surface area contributed by atoms with Crippen LogP contribution in [0, 0.1) is 6.92 Å². The molecule has 0 aliphatic heterocycles. The normalized spacial score (nSPS) is 11.7. The molecule has 0 atom stereocenters. The van der Waals surface area contributed by atoms with Crippen LogP contribution in [-0.2, 0) is 16.6 Å². The molecule has 108 valence electrons. The molecule has 0 bridgehead atoms. The average Bonchev–Trinajstić information content (AvgIpc) is 2.93. The number of rotatable bonds is 5. The minimum atomic E-state index is -3.95. The largest absolute Gasteiger partial charge is 0.476 e. The Hall–Kier alpha value is -1.23. The van der Waals surface area contributed by atoms with E-state index in [9.17, 15) is 13.2 Å². The zero-order valence-electron chi connectivity index (χ0n) is 10.2. The molecule has 0 saturated heterocycles. The van der Waals surface area contributed by atoms with E-state index in [0.29, 0.717) is 0 Å². The Bertz CT molecular complexity index is 750. The fourth-order valence-corrected chi connectivity index (χ4v) is 4.42. The molecule has 2 heterocycles. The molecule has 0 amide bonds. The van der Waals surface area contributed by atoms with Crippen molar-refractivity contribution in [1.82, 2.24) is 14.9 Å². The lowest BCUT2D eigenvalue weighted by molar-refractivity contribution is 0.0686. The number of carboxylic acid groups (broad SMARTS) is 1. The Labute approximate surface area is 127 Å². The minimum absolute atomic E-state index is 0.0856. The van der Waals surface area contributed by atoms with E-state index in [1.54, 1.807) is 12.1 Å². The van der Waals surface area contributed by atoms with E-state index in [1.807, 2.05) is 0 Å². The Morgan fingerprint density at radius 2 is 2.25 bits per heavy atom. The predicted molar refractivity (Wildman–Crippen MR) is 76.3 cm³/mol. The van der Waals surface area contributed by atoms with Crippen LogP contribution in [0.25, 0.3) is 0 Å². The van der Waals surface area contributed by atoms with Crippen molar-refractivity contribution in [2.45, 2.75) is 18.4 Å². The maximum absolute atomic E-state index is 12.2. The molecule has 0 aliphatic carbocycles. The molecule has 0 fully saturated rings. The number of H-pyrrole nitrogens is 1. The van der Waals surface area contributed by atoms with Crippen molar-refractivity contribution in [3.05, 3.63) is 32.2 Å². The van der Waals surface area contributed by atoms with Gasteiger partial charge in [-0.25, -0.2) is 17.9 Å². The lowest BCUT2D eigenvalue weighted by Gasteiger charge is -2.05. The van der Waals surface area contributed by atoms with E-state index in [1.165, 1.54) is 18.3 Å². The molecule has 2 aromatic heterocycles. The topological polar surface area (TPSA) is 112 Å². The monoisotopic (exact) mass is 379 g/mol. The highest BCUT2D eigenvalue weighted by Crippen LogP contribution is 2.23. The highest BCUT2D eigenvalue weighted by molar-refractivity contribution is 9.11. The number of hydrogen-bond donors (Lipinski definition) is 3. The van der Waals surface area contributed by atoms with E-state index >= 15 is 0 Å². The van der Waals surface area contributed by atoms with Gasteiger partial charge in [-0.05, 0) is 35.0 Å². The molecule has 2 aromatic rings. The molecule has 0 spiro atoms. The summed E-state index contributed by atoms with van der Waals surface area (Å²) in [5.41, 5.74) is -0.329. The Balaban J connectivity index is 2.27. The second-order valence-electron chi connectivity index (χ2n) is 3.86. The first-order valence-electron chi connectivity index (χ1n) is 5.33. The first kappa shape index (κ1) is 15.2. The summed E-state index contributed by atoms with van der Waals surface area (Å²) in [6.45, 7) is 1.54. The van der Waals surface area contributed by atoms with Gasteiger partial charge in [-0.15, -0.1) is 11.3 Å². The standard InChI is InChI=1S/C10H10BrN3O4S2/c1-5-9(8(10(15)16)14-13-5)20(17,18)12-4-6-2-3-7(11)19-6/h2-3,12H,4H2,1H3,(H,13,14)(H,15,16). The number of aromatic amines is 1. The SMILES string of the molecule is Cc1[nH]nc(C(=O)O)c1S(=O)(=O)NCc1ccc(Br)s1. The average molecular weight is 380 g/mol. The van der Waals surface area contributed by atoms with E-state index in [-0.39, 0.29) is 17.1 Å². The van der Waals surface area contributed by atoms with Crippen LogP contribution in [0.5, 0.6) is 0 Å². The number of thiophene rings is 1. The number of aromatic carboxylic acids is 1. The summed E-state index contributed by atoms with van der Waals surface area (Å²) in [6, 6.07) is 3.58. The van der Waals surface area contributed by atoms with Crippen molar-refractivity contribution >= 4 is 43.3 Å². The predicted octanol–water partition coefficient (Wildman–Crippen LogP) is 1.72. The van der Waals surface area contributed by atoms with Gasteiger partial charge in [0.15, 0.2) is 5.69 Å². The molecule has 0 saturated carbocycles. The number of carboxylic acids is 1. The highest BCUT2D eigenvalue weighted by atomic mass is 79.9. The zero-order chi connectivity index (χ0) is 14.9. The van der Waals surface area contributed by atoms with E-state index < -0.39 is 21.7 Å². The second kappa shape index (κ2) is 5.64. The van der Waals surface area contributed by atoms with Crippen molar-refractivity contribution in [2.75, 3.05) is 0 Å². The zero-order valence-corrected chi connectivity index (χ0v) is 13.4. The summed E-state index contributed by atoms with van der Waals surface area (Å²) in [7, 11) is -3.95. The van der Waals surface area contributed by atoms with Crippen LogP contribution in [0.15, 0.2) is 20.8 Å². The minimum Gasteiger partial charge on any atom is -0.476 e. The van der Waals surface area contributed by atoms with Crippen molar-refractivity contribution in [3.8, 4) is 0 Å². The van der Waals surface area contributed by atoms with Crippen LogP contribution < -0.4 is 4.72 Å². The molecule has 7 nitrogen and oxygen atoms in total. The van der Waals surface area contributed by atoms with Crippen LogP contribution in [0.3, 0.4) is 0 Å². The van der Waals surface area contributed by atoms with Crippen molar-refractivity contribution in [3.63, 3.8) is 0 Å². The lowest BCUT2D eigenvalue weighted by atomic mass is 10.4. The Kier molecular flexibility index (Phi) is 4.28. The molecule has 10 heteroatoms. The van der Waals surface area contributed by atoms with Gasteiger partial charge in [-0.3, -0.25) is 5.10 Å². The second-order valence-corrected chi connectivity index (χ2v) is 8.11. The van der Waals surface area contributed by atoms with Gasteiger partial charge in [0.25, 0.3) is 0 Å². The quantitative estimate of drug-likeness (QED) is 0.731. The summed E-state index contributed by atoms with van der Waals surface area (Å²) >= 11 is 4.67. The first-order valence-corrected chi connectivity index (χ1v) is 8.42. The van der Waals surface area contributed by atoms with Gasteiger partial charge in [0.1, 0.15) is 4.90 Å². The lowest BCUT2D eigenvalue weighted by Crippen LogP contribution is -2.25. The van der Waals surface area contributed by atoms with Crippen molar-refractivity contribution in [2.24, 2.45) is 0 Å². The smallest absolute Gasteiger partial charge is 0.357 e. The van der Waals surface area contributed by atoms with Crippen LogP contribution in [0.1, 0.15) is 21.1 Å². The third-order valence-electron chi connectivity index (χ3n) is 2.43. The fourth-order valence-electron chi connectivity index (χ4n) is 1.58. The van der Waals surface area contributed by atoms with Crippen LogP contribution in [0.4, 0.5) is 0 Å². The third-order valence-corrected chi connectivity index (χ3v) is 5.61. The Morgan fingerprint density at radius 3 is 2.80 bits per heavy atom. The van der Waals surface area contributed by atoms with E-state index in [2.05, 4.69) is 30.8 Å². The molecule has 3 N–H and O–H groups in total. The van der Waals surface area contributed by atoms with E-state index in [0.717, 1.165) is 8.66 Å². The number of halogens is 1. The molecule has 20 heavy (non-hydrogen) atoms. The molecule has 0 radical (unpaired) electrons. The number of aromatic nitrogens is 2. The number of sulfonamides is 1. The number of nitrogens with zero attached hydrogens (tertiary/aromatic N) is 1. The van der Waals surface area contributed by atoms with Gasteiger partial charge in [-0.1, -0.05) is 0 Å². The number of nitrogens with one attached hydrogen (secondary N) is 2. The summed E-state index contributed by atoms with van der Waals surface area (Å²) in [4.78, 5) is 11.5. The molecule has 0 aliphatic rings. The summed E-state index contributed by atoms with van der Waals surface area (Å²) < 4.78 is 27.6. The summed E-state index contributed by atoms with van der Waals surface area (Å²) in [6.07, 6.45) is 0. The van der Waals surface area contributed by atoms with E-state index in [4.69, 9.17) is 5.11 Å². The number of hydrogen-bond acceptors (Lipinski definition) is 5. The fraction of sp³-hybridized carbons (Fsp3) is 0.200. The highest BCUT2D eigenvalue weighted by Gasteiger charge is 2.28. The van der Waals surface area contributed by atoms with Gasteiger partial charge in [0.2, 0.25) is 10.0 Å². The maximum Gasteiger partial charge on any atom is 0.357 e. The molecular weight excluding hydrogens is 370 g/mol. The molecule has 0 unspecified atom stereocenters. The number of aryl methyl sites for hydroxylation is 1. The molecule has 0 aromatic carbocycles. The van der Waals surface area contributed by atoms with Crippen molar-refractivity contribution in [1.29, 1.82) is 0 Å². The van der Waals surface area contributed by atoms with Crippen LogP contribution >= 0.6 is 27.3 Å².